The molecule has 0 aliphatic carbocycles. The van der Waals surface area contributed by atoms with Crippen molar-refractivity contribution >= 4 is 0 Å². The van der Waals surface area contributed by atoms with Crippen LogP contribution < -0.4 is 4.74 Å². The van der Waals surface area contributed by atoms with Gasteiger partial charge >= 0.3 is 0 Å². The number of nitriles is 1. The second kappa shape index (κ2) is 4.63. The van der Waals surface area contributed by atoms with E-state index < -0.39 is 0 Å². The van der Waals surface area contributed by atoms with Crippen molar-refractivity contribution in [2.24, 2.45) is 0 Å². The lowest BCUT2D eigenvalue weighted by atomic mass is 10.2. The summed E-state index contributed by atoms with van der Waals surface area (Å²) >= 11 is 0. The second-order valence-electron chi connectivity index (χ2n) is 3.22. The normalized spacial score (nSPS) is 9.94. The molecule has 0 fully saturated rings. The molecule has 0 saturated carbocycles. The Morgan fingerprint density at radius 2 is 2.29 bits per heavy atom. The molecule has 0 unspecified atom stereocenters. The molecule has 0 radical (unpaired) electrons. The Morgan fingerprint density at radius 3 is 2.88 bits per heavy atom. The van der Waals surface area contributed by atoms with E-state index in [-0.39, 0.29) is 6.61 Å². The van der Waals surface area contributed by atoms with Gasteiger partial charge in [0.2, 0.25) is 0 Å². The zero-order valence-corrected chi connectivity index (χ0v) is 9.04. The average molecular weight is 231 g/mol. The number of aliphatic hydroxyl groups excluding tert-OH is 1. The SMILES string of the molecule is COc1cc(-c2cc(CO)on2)ncc1C#N. The number of aromatic nitrogens is 2. The number of methoxy groups -OCH3 is 1. The van der Waals surface area contributed by atoms with Crippen LogP contribution in [0.5, 0.6) is 5.75 Å². The van der Waals surface area contributed by atoms with E-state index in [1.165, 1.54) is 13.3 Å². The lowest BCUT2D eigenvalue weighted by Gasteiger charge is -2.02. The fraction of sp³-hybridized carbons (Fsp3) is 0.182. The van der Waals surface area contributed by atoms with Crippen molar-refractivity contribution < 1.29 is 14.4 Å². The zero-order valence-electron chi connectivity index (χ0n) is 9.04. The second-order valence-corrected chi connectivity index (χ2v) is 3.22. The van der Waals surface area contributed by atoms with Gasteiger partial charge in [-0.2, -0.15) is 5.26 Å². The maximum atomic E-state index is 8.86. The van der Waals surface area contributed by atoms with Gasteiger partial charge in [-0.3, -0.25) is 4.98 Å². The summed E-state index contributed by atoms with van der Waals surface area (Å²) in [5.74, 6) is 0.774. The summed E-state index contributed by atoms with van der Waals surface area (Å²) in [7, 11) is 1.47. The lowest BCUT2D eigenvalue weighted by molar-refractivity contribution is 0.229. The van der Waals surface area contributed by atoms with Crippen molar-refractivity contribution in [2.45, 2.75) is 6.61 Å². The summed E-state index contributed by atoms with van der Waals surface area (Å²) in [5.41, 5.74) is 1.35. The summed E-state index contributed by atoms with van der Waals surface area (Å²) in [5, 5.41) is 21.4. The minimum Gasteiger partial charge on any atom is -0.495 e. The maximum Gasteiger partial charge on any atom is 0.162 e. The summed E-state index contributed by atoms with van der Waals surface area (Å²) in [6.07, 6.45) is 1.40. The van der Waals surface area contributed by atoms with Crippen molar-refractivity contribution in [3.63, 3.8) is 0 Å². The van der Waals surface area contributed by atoms with Gasteiger partial charge in [0, 0.05) is 18.3 Å². The Kier molecular flexibility index (Phi) is 3.03. The van der Waals surface area contributed by atoms with E-state index in [4.69, 9.17) is 19.6 Å². The highest BCUT2D eigenvalue weighted by atomic mass is 16.5. The predicted octanol–water partition coefficient (Wildman–Crippen LogP) is 1.11. The van der Waals surface area contributed by atoms with Gasteiger partial charge in [-0.05, 0) is 0 Å². The van der Waals surface area contributed by atoms with Gasteiger partial charge < -0.3 is 14.4 Å². The van der Waals surface area contributed by atoms with Gasteiger partial charge in [0.15, 0.2) is 5.76 Å². The standard InChI is InChI=1S/C11H9N3O3/c1-16-11-3-9(13-5-7(11)4-12)10-2-8(6-15)17-14-10/h2-3,5,15H,6H2,1H3. The monoisotopic (exact) mass is 231 g/mol. The van der Waals surface area contributed by atoms with E-state index in [9.17, 15) is 0 Å². The van der Waals surface area contributed by atoms with E-state index >= 15 is 0 Å². The predicted molar refractivity (Wildman–Crippen MR) is 56.9 cm³/mol. The molecule has 0 bridgehead atoms. The molecule has 86 valence electrons. The Labute approximate surface area is 97.1 Å². The van der Waals surface area contributed by atoms with Crippen molar-refractivity contribution in [1.29, 1.82) is 5.26 Å². The molecule has 17 heavy (non-hydrogen) atoms. The van der Waals surface area contributed by atoms with Crippen LogP contribution in [0.1, 0.15) is 11.3 Å². The summed E-state index contributed by atoms with van der Waals surface area (Å²) in [4.78, 5) is 4.07. The quantitative estimate of drug-likeness (QED) is 0.850. The third kappa shape index (κ3) is 2.09. The summed E-state index contributed by atoms with van der Waals surface area (Å²) in [6.45, 7) is -0.222. The molecule has 0 atom stereocenters. The van der Waals surface area contributed by atoms with Crippen LogP contribution in [0.2, 0.25) is 0 Å². The number of hydrogen-bond donors (Lipinski definition) is 1. The zero-order chi connectivity index (χ0) is 12.3. The van der Waals surface area contributed by atoms with Crippen molar-refractivity contribution in [3.05, 3.63) is 29.7 Å². The largest absolute Gasteiger partial charge is 0.495 e. The van der Waals surface area contributed by atoms with E-state index in [2.05, 4.69) is 10.1 Å². The van der Waals surface area contributed by atoms with Crippen LogP contribution in [0.3, 0.4) is 0 Å². The van der Waals surface area contributed by atoms with Gasteiger partial charge in [0.1, 0.15) is 29.7 Å². The van der Waals surface area contributed by atoms with Crippen LogP contribution in [0.25, 0.3) is 11.4 Å². The molecule has 6 heteroatoms. The molecule has 2 aromatic rings. The van der Waals surface area contributed by atoms with Crippen molar-refractivity contribution in [3.8, 4) is 23.2 Å². The number of ether oxygens (including phenoxy) is 1. The third-order valence-electron chi connectivity index (χ3n) is 2.18. The molecule has 0 aromatic carbocycles. The van der Waals surface area contributed by atoms with Gasteiger partial charge in [0.05, 0.1) is 12.8 Å². The fourth-order valence-corrected chi connectivity index (χ4v) is 1.34. The van der Waals surface area contributed by atoms with Crippen LogP contribution in [0.15, 0.2) is 22.9 Å². The molecule has 6 nitrogen and oxygen atoms in total. The summed E-state index contributed by atoms with van der Waals surface area (Å²) in [6, 6.07) is 5.14. The number of aliphatic hydroxyl groups is 1. The molecule has 0 spiro atoms. The first-order valence-corrected chi connectivity index (χ1v) is 4.79. The summed E-state index contributed by atoms with van der Waals surface area (Å²) < 4.78 is 9.91. The maximum absolute atomic E-state index is 8.86. The highest BCUT2D eigenvalue weighted by molar-refractivity contribution is 5.58. The van der Waals surface area contributed by atoms with Crippen LogP contribution in [-0.4, -0.2) is 22.4 Å². The molecule has 2 heterocycles. The van der Waals surface area contributed by atoms with Gasteiger partial charge in [0.25, 0.3) is 0 Å². The van der Waals surface area contributed by atoms with Crippen molar-refractivity contribution in [1.82, 2.24) is 10.1 Å². The molecule has 0 saturated heterocycles. The third-order valence-corrected chi connectivity index (χ3v) is 2.18. The molecule has 0 aliphatic heterocycles. The Balaban J connectivity index is 2.43. The molecular formula is C11H9N3O3. The van der Waals surface area contributed by atoms with Gasteiger partial charge in [-0.25, -0.2) is 0 Å². The molecule has 1 N–H and O–H groups in total. The Morgan fingerprint density at radius 1 is 1.47 bits per heavy atom. The van der Waals surface area contributed by atoms with Crippen LogP contribution >= 0.6 is 0 Å². The lowest BCUT2D eigenvalue weighted by Crippen LogP contribution is -1.91. The molecule has 0 amide bonds. The first-order valence-electron chi connectivity index (χ1n) is 4.79. The Bertz CT molecular complexity index is 572. The number of pyridine rings is 1. The Hall–Kier alpha value is -2.39. The van der Waals surface area contributed by atoms with Crippen LogP contribution in [-0.2, 0) is 6.61 Å². The molecule has 0 aliphatic rings. The minimum absolute atomic E-state index is 0.222. The molecule has 2 rings (SSSR count). The van der Waals surface area contributed by atoms with Crippen molar-refractivity contribution in [2.75, 3.05) is 7.11 Å². The van der Waals surface area contributed by atoms with Crippen LogP contribution in [0.4, 0.5) is 0 Å². The highest BCUT2D eigenvalue weighted by Crippen LogP contribution is 2.24. The molecular weight excluding hydrogens is 222 g/mol. The highest BCUT2D eigenvalue weighted by Gasteiger charge is 2.10. The van der Waals surface area contributed by atoms with E-state index in [1.54, 1.807) is 12.1 Å². The van der Waals surface area contributed by atoms with Gasteiger partial charge in [-0.1, -0.05) is 5.16 Å². The van der Waals surface area contributed by atoms with Crippen LogP contribution in [0, 0.1) is 11.3 Å². The van der Waals surface area contributed by atoms with E-state index in [0.29, 0.717) is 28.5 Å². The fourth-order valence-electron chi connectivity index (χ4n) is 1.34. The number of rotatable bonds is 3. The minimum atomic E-state index is -0.222. The number of hydrogen-bond acceptors (Lipinski definition) is 6. The average Bonchev–Trinajstić information content (AvgIpc) is 2.86. The molecule has 2 aromatic heterocycles. The first kappa shape index (κ1) is 11.1. The van der Waals surface area contributed by atoms with E-state index in [0.717, 1.165) is 0 Å². The van der Waals surface area contributed by atoms with Gasteiger partial charge in [-0.15, -0.1) is 0 Å². The number of nitrogens with zero attached hydrogens (tertiary/aromatic N) is 3. The van der Waals surface area contributed by atoms with E-state index in [1.807, 2.05) is 6.07 Å². The smallest absolute Gasteiger partial charge is 0.162 e. The topological polar surface area (TPSA) is 92.2 Å². The first-order chi connectivity index (χ1) is 8.28.